The van der Waals surface area contributed by atoms with Gasteiger partial charge in [0.25, 0.3) is 0 Å². The third-order valence-corrected chi connectivity index (χ3v) is 1.41. The van der Waals surface area contributed by atoms with E-state index in [0.717, 1.165) is 0 Å². The third kappa shape index (κ3) is 1.52. The maximum atomic E-state index is 2.27. The van der Waals surface area contributed by atoms with Crippen LogP contribution in [0.2, 0.25) is 6.32 Å². The number of hydrogen-bond donors (Lipinski definition) is 0. The van der Waals surface area contributed by atoms with Gasteiger partial charge >= 0.3 is 0 Å². The molecule has 1 radical (unpaired) electrons. The Morgan fingerprint density at radius 3 is 2.57 bits per heavy atom. The Labute approximate surface area is 46.0 Å². The van der Waals surface area contributed by atoms with E-state index in [1.807, 2.05) is 0 Å². The second kappa shape index (κ2) is 2.36. The second-order valence-corrected chi connectivity index (χ2v) is 2.16. The highest BCUT2D eigenvalue weighted by Gasteiger charge is 2.04. The largest absolute Gasteiger partial charge is 0.349 e. The van der Waals surface area contributed by atoms with E-state index in [0.29, 0.717) is 0 Å². The van der Waals surface area contributed by atoms with Crippen molar-refractivity contribution in [3.05, 3.63) is 0 Å². The van der Waals surface area contributed by atoms with Crippen LogP contribution in [0, 0.1) is 0 Å². The van der Waals surface area contributed by atoms with Crippen molar-refractivity contribution in [1.82, 2.24) is 4.81 Å². The molecule has 2 heteroatoms. The predicted octanol–water partition coefficient (Wildman–Crippen LogP) is 0.749. The summed E-state index contributed by atoms with van der Waals surface area (Å²) < 4.78 is 0. The molecule has 1 saturated heterocycles. The zero-order valence-corrected chi connectivity index (χ0v) is 4.85. The topological polar surface area (TPSA) is 3.24 Å². The van der Waals surface area contributed by atoms with Crippen LogP contribution in [0.5, 0.6) is 0 Å². The minimum atomic E-state index is 1.26. The normalized spacial score (nSPS) is 24.1. The van der Waals surface area contributed by atoms with Gasteiger partial charge in [-0.25, -0.2) is 0 Å². The SMILES string of the molecule is CN1[B]CCCC1. The van der Waals surface area contributed by atoms with E-state index in [4.69, 9.17) is 0 Å². The van der Waals surface area contributed by atoms with Gasteiger partial charge in [-0.2, -0.15) is 0 Å². The molecular weight excluding hydrogens is 84.9 g/mol. The van der Waals surface area contributed by atoms with Crippen molar-refractivity contribution in [3.63, 3.8) is 0 Å². The van der Waals surface area contributed by atoms with E-state index in [-0.39, 0.29) is 0 Å². The molecule has 0 atom stereocenters. The van der Waals surface area contributed by atoms with Gasteiger partial charge in [0.2, 0.25) is 7.41 Å². The molecule has 0 unspecified atom stereocenters. The van der Waals surface area contributed by atoms with Gasteiger partial charge in [0.05, 0.1) is 0 Å². The predicted molar refractivity (Wildman–Crippen MR) is 32.4 cm³/mol. The molecule has 0 spiro atoms. The van der Waals surface area contributed by atoms with Crippen molar-refractivity contribution in [2.45, 2.75) is 19.2 Å². The monoisotopic (exact) mass is 96.1 g/mol. The van der Waals surface area contributed by atoms with Gasteiger partial charge in [-0.1, -0.05) is 12.7 Å². The summed E-state index contributed by atoms with van der Waals surface area (Å²) in [6, 6.07) is 0. The highest BCUT2D eigenvalue weighted by molar-refractivity contribution is 6.32. The van der Waals surface area contributed by atoms with Crippen LogP contribution >= 0.6 is 0 Å². The molecular formula is C5H11BN. The van der Waals surface area contributed by atoms with Crippen LogP contribution in [-0.2, 0) is 0 Å². The van der Waals surface area contributed by atoms with E-state index in [2.05, 4.69) is 19.3 Å². The molecule has 1 aliphatic heterocycles. The highest BCUT2D eigenvalue weighted by Crippen LogP contribution is 2.03. The van der Waals surface area contributed by atoms with Crippen molar-refractivity contribution in [2.24, 2.45) is 0 Å². The Kier molecular flexibility index (Phi) is 1.74. The van der Waals surface area contributed by atoms with Crippen LogP contribution in [-0.4, -0.2) is 25.8 Å². The van der Waals surface area contributed by atoms with Crippen LogP contribution in [0.4, 0.5) is 0 Å². The molecule has 1 rings (SSSR count). The van der Waals surface area contributed by atoms with Gasteiger partial charge in [-0.05, 0) is 20.0 Å². The summed E-state index contributed by atoms with van der Waals surface area (Å²) in [5.41, 5.74) is 0. The number of rotatable bonds is 0. The Morgan fingerprint density at radius 2 is 2.29 bits per heavy atom. The second-order valence-electron chi connectivity index (χ2n) is 2.16. The minimum absolute atomic E-state index is 1.26. The first-order valence-corrected chi connectivity index (χ1v) is 2.93. The Balaban J connectivity index is 2.12. The lowest BCUT2D eigenvalue weighted by molar-refractivity contribution is 0.479. The average molecular weight is 96.0 g/mol. The summed E-state index contributed by atoms with van der Waals surface area (Å²) in [4.78, 5) is 2.27. The minimum Gasteiger partial charge on any atom is -0.349 e. The fourth-order valence-electron chi connectivity index (χ4n) is 0.909. The Hall–Kier alpha value is 0.0249. The molecule has 1 heterocycles. The summed E-state index contributed by atoms with van der Waals surface area (Å²) in [5.74, 6) is 0. The Bertz CT molecular complexity index is 50.0. The van der Waals surface area contributed by atoms with Crippen molar-refractivity contribution >= 4 is 7.41 Å². The number of hydrogen-bond acceptors (Lipinski definition) is 1. The molecule has 7 heavy (non-hydrogen) atoms. The first-order valence-electron chi connectivity index (χ1n) is 2.93. The molecule has 1 nitrogen and oxygen atoms in total. The summed E-state index contributed by atoms with van der Waals surface area (Å²) >= 11 is 0. The van der Waals surface area contributed by atoms with Gasteiger partial charge in [0, 0.05) is 0 Å². The van der Waals surface area contributed by atoms with Gasteiger partial charge in [0.15, 0.2) is 0 Å². The molecule has 0 saturated carbocycles. The van der Waals surface area contributed by atoms with Gasteiger partial charge in [-0.15, -0.1) is 0 Å². The molecule has 0 aliphatic carbocycles. The fraction of sp³-hybridized carbons (Fsp3) is 1.00. The molecule has 0 N–H and O–H groups in total. The quantitative estimate of drug-likeness (QED) is 0.402. The molecule has 1 fully saturated rings. The molecule has 0 amide bonds. The molecule has 0 aromatic rings. The summed E-state index contributed by atoms with van der Waals surface area (Å²) in [7, 11) is 4.41. The van der Waals surface area contributed by atoms with Crippen molar-refractivity contribution in [2.75, 3.05) is 13.6 Å². The van der Waals surface area contributed by atoms with Gasteiger partial charge in [-0.3, -0.25) is 0 Å². The molecule has 39 valence electrons. The summed E-state index contributed by atoms with van der Waals surface area (Å²) in [6.45, 7) is 1.26. The lowest BCUT2D eigenvalue weighted by Gasteiger charge is -2.19. The van der Waals surface area contributed by atoms with E-state index >= 15 is 0 Å². The first-order chi connectivity index (χ1) is 3.39. The maximum absolute atomic E-state index is 2.27. The van der Waals surface area contributed by atoms with Crippen LogP contribution in [0.25, 0.3) is 0 Å². The molecule has 0 bridgehead atoms. The summed E-state index contributed by atoms with van der Waals surface area (Å²) in [5, 5.41) is 0. The molecule has 0 aromatic carbocycles. The lowest BCUT2D eigenvalue weighted by Crippen LogP contribution is -2.27. The van der Waals surface area contributed by atoms with E-state index in [9.17, 15) is 0 Å². The van der Waals surface area contributed by atoms with Crippen molar-refractivity contribution < 1.29 is 0 Å². The van der Waals surface area contributed by atoms with E-state index in [1.165, 1.54) is 25.7 Å². The first kappa shape index (κ1) is 5.17. The van der Waals surface area contributed by atoms with Crippen molar-refractivity contribution in [1.29, 1.82) is 0 Å². The van der Waals surface area contributed by atoms with Crippen LogP contribution in [0.15, 0.2) is 0 Å². The Morgan fingerprint density at radius 1 is 1.43 bits per heavy atom. The van der Waals surface area contributed by atoms with Crippen LogP contribution < -0.4 is 0 Å². The maximum Gasteiger partial charge on any atom is 0.208 e. The van der Waals surface area contributed by atoms with Crippen LogP contribution in [0.3, 0.4) is 0 Å². The van der Waals surface area contributed by atoms with E-state index < -0.39 is 0 Å². The molecule has 1 aliphatic rings. The zero-order chi connectivity index (χ0) is 5.11. The van der Waals surface area contributed by atoms with E-state index in [1.54, 1.807) is 0 Å². The van der Waals surface area contributed by atoms with Crippen LogP contribution in [0.1, 0.15) is 12.8 Å². The summed E-state index contributed by atoms with van der Waals surface area (Å²) in [6.07, 6.45) is 4.06. The average Bonchev–Trinajstić information content (AvgIpc) is 1.69. The standard InChI is InChI=1S/C5H11BN/c1-7-5-3-2-4-6-7/h2-5H2,1H3. The fourth-order valence-corrected chi connectivity index (χ4v) is 0.909. The highest BCUT2D eigenvalue weighted by atomic mass is 15.0. The number of nitrogens with zero attached hydrogens (tertiary/aromatic N) is 1. The smallest absolute Gasteiger partial charge is 0.208 e. The van der Waals surface area contributed by atoms with Gasteiger partial charge < -0.3 is 4.81 Å². The lowest BCUT2D eigenvalue weighted by atomic mass is 9.80. The van der Waals surface area contributed by atoms with Crippen molar-refractivity contribution in [3.8, 4) is 0 Å². The zero-order valence-electron chi connectivity index (χ0n) is 4.85. The third-order valence-electron chi connectivity index (χ3n) is 1.41. The van der Waals surface area contributed by atoms with Gasteiger partial charge in [0.1, 0.15) is 0 Å². The molecule has 0 aromatic heterocycles.